The zero-order chi connectivity index (χ0) is 16.4. The molecule has 2 aliphatic rings. The smallest absolute Gasteiger partial charge is 0.242 e. The maximum atomic E-state index is 12.8. The number of carbonyl (C=O) groups is 1. The number of benzene rings is 1. The molecule has 1 atom stereocenters. The number of aromatic amines is 1. The van der Waals surface area contributed by atoms with E-state index in [1.807, 2.05) is 30.6 Å². The molecule has 1 saturated heterocycles. The minimum atomic E-state index is -0.169. The number of rotatable bonds is 5. The summed E-state index contributed by atoms with van der Waals surface area (Å²) in [4.78, 5) is 15.2. The molecule has 0 spiro atoms. The van der Waals surface area contributed by atoms with Gasteiger partial charge in [-0.25, -0.2) is 0 Å². The quantitative estimate of drug-likeness (QED) is 0.889. The normalized spacial score (nSPS) is 20.7. The van der Waals surface area contributed by atoms with E-state index in [0.29, 0.717) is 12.0 Å². The second-order valence-electron chi connectivity index (χ2n) is 6.94. The predicted molar refractivity (Wildman–Crippen MR) is 92.5 cm³/mol. The van der Waals surface area contributed by atoms with Crippen molar-refractivity contribution in [1.82, 2.24) is 20.4 Å². The molecule has 1 amide bonds. The van der Waals surface area contributed by atoms with E-state index in [1.165, 1.54) is 5.56 Å². The van der Waals surface area contributed by atoms with Crippen LogP contribution in [0.2, 0.25) is 0 Å². The Balaban J connectivity index is 1.48. The summed E-state index contributed by atoms with van der Waals surface area (Å²) in [7, 11) is 0. The number of likely N-dealkylation sites (tertiary alicyclic amines) is 1. The Morgan fingerprint density at radius 3 is 2.54 bits per heavy atom. The highest BCUT2D eigenvalue weighted by Crippen LogP contribution is 2.32. The van der Waals surface area contributed by atoms with E-state index in [4.69, 9.17) is 0 Å². The summed E-state index contributed by atoms with van der Waals surface area (Å²) < 4.78 is 0. The molecule has 5 nitrogen and oxygen atoms in total. The van der Waals surface area contributed by atoms with Crippen molar-refractivity contribution in [1.29, 1.82) is 0 Å². The summed E-state index contributed by atoms with van der Waals surface area (Å²) in [6.07, 6.45) is 8.30. The van der Waals surface area contributed by atoms with E-state index < -0.39 is 0 Å². The number of aromatic nitrogens is 2. The summed E-state index contributed by atoms with van der Waals surface area (Å²) in [5, 5.41) is 10.2. The number of carbonyl (C=O) groups excluding carboxylic acids is 1. The molecule has 2 N–H and O–H groups in total. The first-order valence-corrected chi connectivity index (χ1v) is 8.89. The van der Waals surface area contributed by atoms with Gasteiger partial charge in [0.25, 0.3) is 0 Å². The zero-order valence-electron chi connectivity index (χ0n) is 13.8. The molecular formula is C19H24N4O. The molecule has 1 aliphatic heterocycles. The van der Waals surface area contributed by atoms with Gasteiger partial charge in [0.15, 0.2) is 0 Å². The maximum absolute atomic E-state index is 12.8. The lowest BCUT2D eigenvalue weighted by Crippen LogP contribution is -2.44. The van der Waals surface area contributed by atoms with Crippen LogP contribution in [0.15, 0.2) is 42.7 Å². The molecule has 1 aromatic carbocycles. The van der Waals surface area contributed by atoms with Gasteiger partial charge in [-0.3, -0.25) is 14.8 Å². The van der Waals surface area contributed by atoms with Gasteiger partial charge in [-0.2, -0.15) is 5.10 Å². The van der Waals surface area contributed by atoms with Crippen LogP contribution in [0.5, 0.6) is 0 Å². The molecule has 0 unspecified atom stereocenters. The Hall–Kier alpha value is -2.14. The monoisotopic (exact) mass is 324 g/mol. The summed E-state index contributed by atoms with van der Waals surface area (Å²) >= 11 is 0. The zero-order valence-corrected chi connectivity index (χ0v) is 13.8. The van der Waals surface area contributed by atoms with Crippen molar-refractivity contribution >= 4 is 5.91 Å². The standard InChI is InChI=1S/C19H24N4O/c24-19(22-17-6-7-17)18(15-4-2-1-3-5-15)23-10-8-14(9-11-23)16-12-20-21-13-16/h1-5,12-14,17-18H,6-11H2,(H,20,21)(H,22,24)/t18-/m0/s1. The van der Waals surface area contributed by atoms with Gasteiger partial charge in [0.2, 0.25) is 5.91 Å². The SMILES string of the molecule is O=C(NC1CC1)[C@H](c1ccccc1)N1CCC(c2cn[nH]c2)CC1. The molecule has 2 aromatic rings. The fourth-order valence-corrected chi connectivity index (χ4v) is 3.65. The topological polar surface area (TPSA) is 61.0 Å². The third-order valence-corrected chi connectivity index (χ3v) is 5.17. The molecule has 5 heteroatoms. The van der Waals surface area contributed by atoms with E-state index in [0.717, 1.165) is 44.3 Å². The van der Waals surface area contributed by atoms with Crippen molar-refractivity contribution in [2.75, 3.05) is 13.1 Å². The molecule has 4 rings (SSSR count). The molecule has 1 saturated carbocycles. The lowest BCUT2D eigenvalue weighted by Gasteiger charge is -2.37. The van der Waals surface area contributed by atoms with Crippen LogP contribution in [-0.4, -0.2) is 40.1 Å². The van der Waals surface area contributed by atoms with Crippen LogP contribution in [-0.2, 0) is 4.79 Å². The number of hydrogen-bond donors (Lipinski definition) is 2. The Labute approximate surface area is 142 Å². The highest BCUT2D eigenvalue weighted by Gasteiger charge is 2.34. The molecule has 24 heavy (non-hydrogen) atoms. The van der Waals surface area contributed by atoms with Crippen LogP contribution < -0.4 is 5.32 Å². The fourth-order valence-electron chi connectivity index (χ4n) is 3.65. The molecule has 1 aromatic heterocycles. The van der Waals surface area contributed by atoms with Crippen molar-refractivity contribution in [2.24, 2.45) is 0 Å². The number of nitrogens with one attached hydrogen (secondary N) is 2. The van der Waals surface area contributed by atoms with Crippen LogP contribution >= 0.6 is 0 Å². The van der Waals surface area contributed by atoms with Gasteiger partial charge in [-0.15, -0.1) is 0 Å². The second-order valence-corrected chi connectivity index (χ2v) is 6.94. The summed E-state index contributed by atoms with van der Waals surface area (Å²) in [5.41, 5.74) is 2.38. The Kier molecular flexibility index (Phi) is 4.34. The van der Waals surface area contributed by atoms with Gasteiger partial charge in [0.1, 0.15) is 6.04 Å². The minimum Gasteiger partial charge on any atom is -0.352 e. The van der Waals surface area contributed by atoms with E-state index in [2.05, 4.69) is 32.5 Å². The first-order valence-electron chi connectivity index (χ1n) is 8.89. The van der Waals surface area contributed by atoms with Crippen LogP contribution in [0.1, 0.15) is 48.8 Å². The average Bonchev–Trinajstić information content (AvgIpc) is 3.25. The van der Waals surface area contributed by atoms with Crippen LogP contribution in [0.25, 0.3) is 0 Å². The number of nitrogens with zero attached hydrogens (tertiary/aromatic N) is 2. The Morgan fingerprint density at radius 1 is 1.17 bits per heavy atom. The Morgan fingerprint density at radius 2 is 1.92 bits per heavy atom. The van der Waals surface area contributed by atoms with Crippen molar-refractivity contribution in [3.05, 3.63) is 53.9 Å². The number of H-pyrrole nitrogens is 1. The van der Waals surface area contributed by atoms with Crippen LogP contribution in [0.4, 0.5) is 0 Å². The van der Waals surface area contributed by atoms with E-state index in [9.17, 15) is 4.79 Å². The highest BCUT2D eigenvalue weighted by atomic mass is 16.2. The van der Waals surface area contributed by atoms with Crippen molar-refractivity contribution in [2.45, 2.75) is 43.7 Å². The Bertz CT molecular complexity index is 658. The van der Waals surface area contributed by atoms with Gasteiger partial charge in [0, 0.05) is 12.2 Å². The fraction of sp³-hybridized carbons (Fsp3) is 0.474. The molecule has 2 fully saturated rings. The van der Waals surface area contributed by atoms with E-state index in [-0.39, 0.29) is 11.9 Å². The second kappa shape index (κ2) is 6.77. The minimum absolute atomic E-state index is 0.158. The summed E-state index contributed by atoms with van der Waals surface area (Å²) in [5.74, 6) is 0.702. The van der Waals surface area contributed by atoms with Gasteiger partial charge in [-0.1, -0.05) is 30.3 Å². The number of hydrogen-bond acceptors (Lipinski definition) is 3. The highest BCUT2D eigenvalue weighted by molar-refractivity contribution is 5.83. The van der Waals surface area contributed by atoms with Gasteiger partial charge < -0.3 is 5.32 Å². The van der Waals surface area contributed by atoms with E-state index in [1.54, 1.807) is 0 Å². The molecule has 126 valence electrons. The molecular weight excluding hydrogens is 300 g/mol. The maximum Gasteiger partial charge on any atom is 0.242 e. The third-order valence-electron chi connectivity index (χ3n) is 5.17. The van der Waals surface area contributed by atoms with Gasteiger partial charge in [0.05, 0.1) is 6.20 Å². The predicted octanol–water partition coefficient (Wildman–Crippen LogP) is 2.61. The number of amides is 1. The first-order chi connectivity index (χ1) is 11.8. The van der Waals surface area contributed by atoms with Crippen molar-refractivity contribution in [3.8, 4) is 0 Å². The lowest BCUT2D eigenvalue weighted by atomic mass is 9.90. The molecule has 0 bridgehead atoms. The lowest BCUT2D eigenvalue weighted by molar-refractivity contribution is -0.127. The first kappa shape index (κ1) is 15.4. The van der Waals surface area contributed by atoms with Crippen molar-refractivity contribution < 1.29 is 4.79 Å². The third kappa shape index (κ3) is 3.36. The van der Waals surface area contributed by atoms with Gasteiger partial charge in [-0.05, 0) is 55.8 Å². The summed E-state index contributed by atoms with van der Waals surface area (Å²) in [6.45, 7) is 1.88. The van der Waals surface area contributed by atoms with Crippen LogP contribution in [0, 0.1) is 0 Å². The van der Waals surface area contributed by atoms with E-state index >= 15 is 0 Å². The number of piperidine rings is 1. The molecule has 0 radical (unpaired) electrons. The van der Waals surface area contributed by atoms with Crippen LogP contribution in [0.3, 0.4) is 0 Å². The summed E-state index contributed by atoms with van der Waals surface area (Å²) in [6, 6.07) is 10.4. The molecule has 1 aliphatic carbocycles. The van der Waals surface area contributed by atoms with Gasteiger partial charge >= 0.3 is 0 Å². The molecule has 2 heterocycles. The average molecular weight is 324 g/mol. The largest absolute Gasteiger partial charge is 0.352 e. The van der Waals surface area contributed by atoms with Crippen molar-refractivity contribution in [3.63, 3.8) is 0 Å².